The van der Waals surface area contributed by atoms with Crippen LogP contribution in [0.25, 0.3) is 0 Å². The van der Waals surface area contributed by atoms with Crippen LogP contribution in [0.4, 0.5) is 4.79 Å². The van der Waals surface area contributed by atoms with E-state index >= 15 is 0 Å². The number of carboxylic acids is 1. The minimum absolute atomic E-state index is 0.0776. The average Bonchev–Trinajstić information content (AvgIpc) is 2.79. The summed E-state index contributed by atoms with van der Waals surface area (Å²) in [5, 5.41) is 9.57. The van der Waals surface area contributed by atoms with Crippen LogP contribution < -0.4 is 0 Å². The Morgan fingerprint density at radius 1 is 1.30 bits per heavy atom. The molecule has 1 saturated heterocycles. The lowest BCUT2D eigenvalue weighted by atomic mass is 9.93. The smallest absolute Gasteiger partial charge is 0.329 e. The Hall–Kier alpha value is -1.26. The Bertz CT molecular complexity index is 368. The van der Waals surface area contributed by atoms with E-state index in [1.165, 1.54) is 0 Å². The van der Waals surface area contributed by atoms with Crippen molar-refractivity contribution < 1.29 is 14.7 Å². The summed E-state index contributed by atoms with van der Waals surface area (Å²) in [4.78, 5) is 27.8. The number of hydrogen-bond donors (Lipinski definition) is 1. The Morgan fingerprint density at radius 3 is 2.30 bits per heavy atom. The molecule has 0 bridgehead atoms. The fraction of sp³-hybridized carbons (Fsp3) is 0.867. The quantitative estimate of drug-likeness (QED) is 0.844. The molecule has 0 aromatic heterocycles. The van der Waals surface area contributed by atoms with Crippen LogP contribution in [-0.2, 0) is 4.79 Å². The van der Waals surface area contributed by atoms with Crippen molar-refractivity contribution in [1.82, 2.24) is 9.80 Å². The van der Waals surface area contributed by atoms with Gasteiger partial charge in [-0.3, -0.25) is 0 Å². The number of amides is 2. The molecule has 0 spiro atoms. The number of urea groups is 1. The molecule has 1 atom stereocenters. The molecule has 1 aliphatic rings. The molecule has 2 amide bonds. The van der Waals surface area contributed by atoms with Gasteiger partial charge in [0.25, 0.3) is 0 Å². The van der Waals surface area contributed by atoms with Crippen molar-refractivity contribution in [2.75, 3.05) is 13.1 Å². The van der Waals surface area contributed by atoms with Gasteiger partial charge in [-0.2, -0.15) is 0 Å². The molecule has 5 nitrogen and oxygen atoms in total. The minimum atomic E-state index is -1.01. The molecule has 0 aliphatic carbocycles. The van der Waals surface area contributed by atoms with Crippen molar-refractivity contribution in [2.45, 2.75) is 65.5 Å². The topological polar surface area (TPSA) is 60.9 Å². The molecule has 1 unspecified atom stereocenters. The summed E-state index contributed by atoms with van der Waals surface area (Å²) in [6.07, 6.45) is 1.78. The Kier molecular flexibility index (Phi) is 5.42. The van der Waals surface area contributed by atoms with Gasteiger partial charge in [-0.25, -0.2) is 9.59 Å². The molecule has 1 aliphatic heterocycles. The zero-order valence-corrected chi connectivity index (χ0v) is 13.3. The Balaban J connectivity index is 3.01. The van der Waals surface area contributed by atoms with Gasteiger partial charge in [0.15, 0.2) is 0 Å². The Morgan fingerprint density at radius 2 is 1.90 bits per heavy atom. The number of aliphatic carboxylic acids is 1. The third-order valence-electron chi connectivity index (χ3n) is 4.13. The van der Waals surface area contributed by atoms with Gasteiger partial charge in [0, 0.05) is 19.1 Å². The predicted molar refractivity (Wildman–Crippen MR) is 78.7 cm³/mol. The fourth-order valence-electron chi connectivity index (χ4n) is 2.96. The third kappa shape index (κ3) is 3.07. The van der Waals surface area contributed by atoms with Crippen LogP contribution in [0.2, 0.25) is 0 Å². The van der Waals surface area contributed by atoms with Gasteiger partial charge in [-0.15, -0.1) is 0 Å². The van der Waals surface area contributed by atoms with Crippen molar-refractivity contribution in [2.24, 2.45) is 5.92 Å². The van der Waals surface area contributed by atoms with Gasteiger partial charge >= 0.3 is 12.0 Å². The van der Waals surface area contributed by atoms with Crippen LogP contribution in [0.1, 0.15) is 53.9 Å². The lowest BCUT2D eigenvalue weighted by Gasteiger charge is -2.39. The van der Waals surface area contributed by atoms with Crippen LogP contribution in [0, 0.1) is 5.92 Å². The molecule has 1 fully saturated rings. The highest BCUT2D eigenvalue weighted by Gasteiger charge is 2.49. The average molecular weight is 284 g/mol. The monoisotopic (exact) mass is 284 g/mol. The number of rotatable bonds is 5. The van der Waals surface area contributed by atoms with Gasteiger partial charge in [0.1, 0.15) is 5.54 Å². The molecule has 1 rings (SSSR count). The standard InChI is InChI=1S/C15H28N2O3/c1-6-15(13(18)19)8-7-9-17(15)14(20)16(12(4)5)10-11(2)3/h11-12H,6-10H2,1-5H3,(H,18,19). The summed E-state index contributed by atoms with van der Waals surface area (Å²) in [6, 6.07) is -0.0516. The minimum Gasteiger partial charge on any atom is -0.479 e. The van der Waals surface area contributed by atoms with Gasteiger partial charge in [-0.1, -0.05) is 20.8 Å². The van der Waals surface area contributed by atoms with Crippen molar-refractivity contribution in [3.05, 3.63) is 0 Å². The maximum Gasteiger partial charge on any atom is 0.329 e. The third-order valence-corrected chi connectivity index (χ3v) is 4.13. The van der Waals surface area contributed by atoms with E-state index in [-0.39, 0.29) is 12.1 Å². The first-order valence-electron chi connectivity index (χ1n) is 7.58. The number of hydrogen-bond acceptors (Lipinski definition) is 2. The summed E-state index contributed by atoms with van der Waals surface area (Å²) < 4.78 is 0. The second-order valence-electron chi connectivity index (χ2n) is 6.37. The first-order chi connectivity index (χ1) is 9.26. The lowest BCUT2D eigenvalue weighted by Crippen LogP contribution is -2.58. The zero-order valence-electron chi connectivity index (χ0n) is 13.3. The van der Waals surface area contributed by atoms with E-state index in [4.69, 9.17) is 0 Å². The SMILES string of the molecule is CCC1(C(=O)O)CCCN1C(=O)N(CC(C)C)C(C)C. The maximum atomic E-state index is 12.8. The van der Waals surface area contributed by atoms with E-state index in [0.717, 1.165) is 6.42 Å². The van der Waals surface area contributed by atoms with E-state index in [1.54, 1.807) is 9.80 Å². The first-order valence-corrected chi connectivity index (χ1v) is 7.58. The van der Waals surface area contributed by atoms with Gasteiger partial charge in [0.2, 0.25) is 0 Å². The largest absolute Gasteiger partial charge is 0.479 e. The van der Waals surface area contributed by atoms with Crippen molar-refractivity contribution in [3.8, 4) is 0 Å². The summed E-state index contributed by atoms with van der Waals surface area (Å²) in [7, 11) is 0. The first kappa shape index (κ1) is 16.8. The van der Waals surface area contributed by atoms with Gasteiger partial charge < -0.3 is 14.9 Å². The summed E-state index contributed by atoms with van der Waals surface area (Å²) in [5.74, 6) is -0.510. The molecule has 0 aromatic carbocycles. The molecule has 1 N–H and O–H groups in total. The van der Waals surface area contributed by atoms with E-state index in [0.29, 0.717) is 31.8 Å². The molecule has 20 heavy (non-hydrogen) atoms. The number of carbonyl (C=O) groups excluding carboxylic acids is 1. The van der Waals surface area contributed by atoms with Crippen LogP contribution in [0.3, 0.4) is 0 Å². The fourth-order valence-corrected chi connectivity index (χ4v) is 2.96. The van der Waals surface area contributed by atoms with E-state index < -0.39 is 11.5 Å². The molecule has 0 aromatic rings. The molecule has 1 heterocycles. The van der Waals surface area contributed by atoms with Crippen molar-refractivity contribution >= 4 is 12.0 Å². The van der Waals surface area contributed by atoms with Crippen molar-refractivity contribution in [1.29, 1.82) is 0 Å². The van der Waals surface area contributed by atoms with Gasteiger partial charge in [0.05, 0.1) is 0 Å². The highest BCUT2D eigenvalue weighted by atomic mass is 16.4. The number of nitrogens with zero attached hydrogens (tertiary/aromatic N) is 2. The summed E-state index contributed by atoms with van der Waals surface area (Å²) in [6.45, 7) is 11.1. The predicted octanol–water partition coefficient (Wildman–Crippen LogP) is 2.80. The number of carbonyl (C=O) groups is 2. The molecular weight excluding hydrogens is 256 g/mol. The molecular formula is C15H28N2O3. The van der Waals surface area contributed by atoms with E-state index in [9.17, 15) is 14.7 Å². The second kappa shape index (κ2) is 6.46. The Labute approximate surface area is 121 Å². The maximum absolute atomic E-state index is 12.8. The van der Waals surface area contributed by atoms with Crippen molar-refractivity contribution in [3.63, 3.8) is 0 Å². The number of likely N-dealkylation sites (tertiary alicyclic amines) is 1. The second-order valence-corrected chi connectivity index (χ2v) is 6.37. The van der Waals surface area contributed by atoms with Crippen LogP contribution in [0.5, 0.6) is 0 Å². The molecule has 5 heteroatoms. The molecule has 0 radical (unpaired) electrons. The molecule has 0 saturated carbocycles. The van der Waals surface area contributed by atoms with Crippen LogP contribution in [0.15, 0.2) is 0 Å². The van der Waals surface area contributed by atoms with Crippen LogP contribution in [-0.4, -0.2) is 51.6 Å². The summed E-state index contributed by atoms with van der Waals surface area (Å²) in [5.41, 5.74) is -1.01. The number of carboxylic acid groups (broad SMARTS) is 1. The lowest BCUT2D eigenvalue weighted by molar-refractivity contribution is -0.148. The normalized spacial score (nSPS) is 22.6. The zero-order chi connectivity index (χ0) is 15.5. The van der Waals surface area contributed by atoms with Crippen LogP contribution >= 0.6 is 0 Å². The summed E-state index contributed by atoms with van der Waals surface area (Å²) >= 11 is 0. The van der Waals surface area contributed by atoms with Gasteiger partial charge in [-0.05, 0) is 39.0 Å². The van der Waals surface area contributed by atoms with E-state index in [1.807, 2.05) is 20.8 Å². The highest BCUT2D eigenvalue weighted by Crippen LogP contribution is 2.34. The molecule has 116 valence electrons. The van der Waals surface area contributed by atoms with E-state index in [2.05, 4.69) is 13.8 Å². The highest BCUT2D eigenvalue weighted by molar-refractivity contribution is 5.87.